The Labute approximate surface area is 99.0 Å². The molecular formula is C8H12ClN3O3S. The van der Waals surface area contributed by atoms with Gasteiger partial charge in [-0.3, -0.25) is 4.84 Å². The molecule has 0 aliphatic carbocycles. The van der Waals surface area contributed by atoms with Gasteiger partial charge in [0.05, 0.1) is 19.0 Å². The summed E-state index contributed by atoms with van der Waals surface area (Å²) in [6.45, 7) is 4.09. The first kappa shape index (κ1) is 13.3. The minimum atomic E-state index is -3.73. The molecule has 0 fully saturated rings. The predicted octanol–water partition coefficient (Wildman–Crippen LogP) is 0.996. The summed E-state index contributed by atoms with van der Waals surface area (Å²) in [5.74, 6) is 0.226. The van der Waals surface area contributed by atoms with E-state index in [1.807, 2.05) is 18.7 Å². The van der Waals surface area contributed by atoms with Crippen LogP contribution in [-0.2, 0) is 14.9 Å². The predicted molar refractivity (Wildman–Crippen MR) is 58.2 cm³/mol. The van der Waals surface area contributed by atoms with Crippen molar-refractivity contribution in [3.05, 3.63) is 17.7 Å². The summed E-state index contributed by atoms with van der Waals surface area (Å²) in [6.07, 6.45) is 2.22. The molecule has 90 valence electrons. The fraction of sp³-hybridized carbons (Fsp3) is 0.500. The van der Waals surface area contributed by atoms with Gasteiger partial charge >= 0.3 is 0 Å². The van der Waals surface area contributed by atoms with Crippen LogP contribution in [0.25, 0.3) is 0 Å². The first-order valence-electron chi connectivity index (χ1n) is 4.53. The first-order chi connectivity index (χ1) is 7.42. The number of hydrogen-bond acceptors (Lipinski definition) is 5. The van der Waals surface area contributed by atoms with Crippen molar-refractivity contribution in [2.75, 3.05) is 6.61 Å². The zero-order valence-corrected chi connectivity index (χ0v) is 10.4. The molecule has 1 rings (SSSR count). The number of rotatable bonds is 5. The molecule has 0 aliphatic rings. The Balaban J connectivity index is 2.67. The molecule has 1 aromatic rings. The van der Waals surface area contributed by atoms with Crippen molar-refractivity contribution < 1.29 is 13.3 Å². The topological polar surface area (TPSA) is 81.2 Å². The van der Waals surface area contributed by atoms with Crippen LogP contribution < -0.4 is 4.89 Å². The van der Waals surface area contributed by atoms with E-state index in [0.717, 1.165) is 12.4 Å². The van der Waals surface area contributed by atoms with Gasteiger partial charge in [0.1, 0.15) is 4.90 Å². The molecule has 0 unspecified atom stereocenters. The van der Waals surface area contributed by atoms with Gasteiger partial charge in [0.25, 0.3) is 10.0 Å². The van der Waals surface area contributed by atoms with Crippen LogP contribution in [-0.4, -0.2) is 25.0 Å². The van der Waals surface area contributed by atoms with E-state index in [9.17, 15) is 8.42 Å². The maximum Gasteiger partial charge on any atom is 0.265 e. The Morgan fingerprint density at radius 3 is 2.50 bits per heavy atom. The van der Waals surface area contributed by atoms with Gasteiger partial charge in [0.2, 0.25) is 5.28 Å². The van der Waals surface area contributed by atoms with Gasteiger partial charge in [-0.1, -0.05) is 18.7 Å². The average molecular weight is 266 g/mol. The van der Waals surface area contributed by atoms with E-state index in [4.69, 9.17) is 16.4 Å². The fourth-order valence-electron chi connectivity index (χ4n) is 0.766. The zero-order valence-electron chi connectivity index (χ0n) is 8.84. The van der Waals surface area contributed by atoms with Crippen LogP contribution in [0.5, 0.6) is 0 Å². The van der Waals surface area contributed by atoms with Crippen LogP contribution in [0, 0.1) is 5.92 Å². The van der Waals surface area contributed by atoms with Crippen LogP contribution in [0.4, 0.5) is 0 Å². The Kier molecular flexibility index (Phi) is 4.60. The zero-order chi connectivity index (χ0) is 12.2. The molecular weight excluding hydrogens is 254 g/mol. The molecule has 0 saturated heterocycles. The lowest BCUT2D eigenvalue weighted by Crippen LogP contribution is -2.26. The van der Waals surface area contributed by atoms with E-state index in [0.29, 0.717) is 0 Å². The highest BCUT2D eigenvalue weighted by Crippen LogP contribution is 2.07. The minimum absolute atomic E-state index is 0.0120. The molecule has 0 aliphatic heterocycles. The van der Waals surface area contributed by atoms with Crippen molar-refractivity contribution in [1.82, 2.24) is 14.9 Å². The highest BCUT2D eigenvalue weighted by molar-refractivity contribution is 7.89. The van der Waals surface area contributed by atoms with Gasteiger partial charge in [0.15, 0.2) is 0 Å². The molecule has 0 spiro atoms. The van der Waals surface area contributed by atoms with Crippen LogP contribution >= 0.6 is 11.6 Å². The van der Waals surface area contributed by atoms with Gasteiger partial charge in [-0.05, 0) is 17.5 Å². The number of halogens is 1. The van der Waals surface area contributed by atoms with Gasteiger partial charge in [-0.25, -0.2) is 18.4 Å². The summed E-state index contributed by atoms with van der Waals surface area (Å²) >= 11 is 5.44. The summed E-state index contributed by atoms with van der Waals surface area (Å²) in [4.78, 5) is 13.8. The Hall–Kier alpha value is -0.760. The maximum absolute atomic E-state index is 11.6. The lowest BCUT2D eigenvalue weighted by molar-refractivity contribution is 0.0718. The third-order valence-electron chi connectivity index (χ3n) is 1.49. The third-order valence-corrected chi connectivity index (χ3v) is 2.86. The molecule has 1 N–H and O–H groups in total. The van der Waals surface area contributed by atoms with Crippen LogP contribution in [0.15, 0.2) is 17.3 Å². The van der Waals surface area contributed by atoms with Crippen molar-refractivity contribution in [3.8, 4) is 0 Å². The van der Waals surface area contributed by atoms with E-state index in [1.165, 1.54) is 0 Å². The first-order valence-corrected chi connectivity index (χ1v) is 6.39. The third kappa shape index (κ3) is 4.01. The number of nitrogens with zero attached hydrogens (tertiary/aromatic N) is 2. The molecule has 0 aromatic carbocycles. The van der Waals surface area contributed by atoms with Crippen molar-refractivity contribution >= 4 is 21.6 Å². The van der Waals surface area contributed by atoms with E-state index in [-0.39, 0.29) is 22.7 Å². The molecule has 0 atom stereocenters. The summed E-state index contributed by atoms with van der Waals surface area (Å²) < 4.78 is 23.1. The van der Waals surface area contributed by atoms with Gasteiger partial charge < -0.3 is 0 Å². The highest BCUT2D eigenvalue weighted by atomic mass is 35.5. The van der Waals surface area contributed by atoms with Gasteiger partial charge in [-0.2, -0.15) is 0 Å². The number of aromatic nitrogens is 2. The van der Waals surface area contributed by atoms with Crippen LogP contribution in [0.3, 0.4) is 0 Å². The van der Waals surface area contributed by atoms with Crippen LogP contribution in [0.2, 0.25) is 5.28 Å². The monoisotopic (exact) mass is 265 g/mol. The molecule has 0 saturated carbocycles. The number of hydrogen-bond donors (Lipinski definition) is 1. The second-order valence-electron chi connectivity index (χ2n) is 3.48. The lowest BCUT2D eigenvalue weighted by Gasteiger charge is -2.08. The molecule has 0 amide bonds. The van der Waals surface area contributed by atoms with Crippen LogP contribution in [0.1, 0.15) is 13.8 Å². The van der Waals surface area contributed by atoms with Gasteiger partial charge in [0, 0.05) is 0 Å². The summed E-state index contributed by atoms with van der Waals surface area (Å²) in [7, 11) is -3.73. The molecule has 1 aromatic heterocycles. The summed E-state index contributed by atoms with van der Waals surface area (Å²) in [5.41, 5.74) is 0. The average Bonchev–Trinajstić information content (AvgIpc) is 2.17. The molecule has 0 bridgehead atoms. The maximum atomic E-state index is 11.6. The van der Waals surface area contributed by atoms with Crippen molar-refractivity contribution in [3.63, 3.8) is 0 Å². The molecule has 16 heavy (non-hydrogen) atoms. The Morgan fingerprint density at radius 1 is 1.44 bits per heavy atom. The number of nitrogens with one attached hydrogen (secondary N) is 1. The Morgan fingerprint density at radius 2 is 2.00 bits per heavy atom. The van der Waals surface area contributed by atoms with E-state index in [2.05, 4.69) is 9.97 Å². The SMILES string of the molecule is CC(C)CONS(=O)(=O)c1cnc(Cl)nc1. The van der Waals surface area contributed by atoms with Gasteiger partial charge in [-0.15, -0.1) is 0 Å². The molecule has 6 nitrogen and oxygen atoms in total. The molecule has 0 radical (unpaired) electrons. The van der Waals surface area contributed by atoms with Crippen molar-refractivity contribution in [2.24, 2.45) is 5.92 Å². The highest BCUT2D eigenvalue weighted by Gasteiger charge is 2.15. The fourth-order valence-corrected chi connectivity index (χ4v) is 1.57. The summed E-state index contributed by atoms with van der Waals surface area (Å²) in [5, 5.41) is -0.0120. The molecule has 1 heterocycles. The smallest absolute Gasteiger partial charge is 0.265 e. The van der Waals surface area contributed by atoms with Crippen molar-refractivity contribution in [2.45, 2.75) is 18.7 Å². The number of sulfonamides is 1. The lowest BCUT2D eigenvalue weighted by atomic mass is 10.2. The standard InChI is InChI=1S/C8H12ClN3O3S/c1-6(2)5-15-12-16(13,14)7-3-10-8(9)11-4-7/h3-4,6,12H,5H2,1-2H3. The minimum Gasteiger partial charge on any atom is -0.287 e. The van der Waals surface area contributed by atoms with E-state index >= 15 is 0 Å². The second-order valence-corrected chi connectivity index (χ2v) is 5.46. The molecule has 8 heteroatoms. The largest absolute Gasteiger partial charge is 0.287 e. The summed E-state index contributed by atoms with van der Waals surface area (Å²) in [6, 6.07) is 0. The van der Waals surface area contributed by atoms with E-state index in [1.54, 1.807) is 0 Å². The second kappa shape index (κ2) is 5.53. The van der Waals surface area contributed by atoms with E-state index < -0.39 is 10.0 Å². The quantitative estimate of drug-likeness (QED) is 0.634. The van der Waals surface area contributed by atoms with Crippen molar-refractivity contribution in [1.29, 1.82) is 0 Å². The normalized spacial score (nSPS) is 12.0. The Bertz CT molecular complexity index is 432.